The Labute approximate surface area is 182 Å². The van der Waals surface area contributed by atoms with Crippen molar-refractivity contribution in [2.45, 2.75) is 13.0 Å². The van der Waals surface area contributed by atoms with Crippen LogP contribution in [0.5, 0.6) is 0 Å². The van der Waals surface area contributed by atoms with E-state index in [0.29, 0.717) is 27.8 Å². The standard InChI is InChI=1S/C23H19N5O2S/c1-15(26-28-23-24-19-13-7-8-14-20(19)31-23)25-27-18-12-6-5-11-17(18)22(30)21(29)16-9-3-2-4-10-16/h2-14,22,27,30H,1H3. The molecule has 0 radical (unpaired) electrons. The molecule has 0 spiro atoms. The Morgan fingerprint density at radius 1 is 1.00 bits per heavy atom. The lowest BCUT2D eigenvalue weighted by molar-refractivity contribution is 0.0748. The highest BCUT2D eigenvalue weighted by atomic mass is 32.1. The smallest absolute Gasteiger partial charge is 0.231 e. The van der Waals surface area contributed by atoms with Crippen LogP contribution >= 0.6 is 11.3 Å². The molecule has 0 amide bonds. The van der Waals surface area contributed by atoms with Gasteiger partial charge in [0.1, 0.15) is 6.10 Å². The SMILES string of the molecule is CC(N=Nc1nc2ccccc2s1)=NNc1ccccc1C(O)C(=O)c1ccccc1. The summed E-state index contributed by atoms with van der Waals surface area (Å²) in [5.74, 6) is -0.0102. The molecule has 0 aliphatic rings. The lowest BCUT2D eigenvalue weighted by Gasteiger charge is -2.14. The number of thiazole rings is 1. The largest absolute Gasteiger partial charge is 0.380 e. The quantitative estimate of drug-likeness (QED) is 0.134. The molecule has 0 saturated carbocycles. The number of fused-ring (bicyclic) bond motifs is 1. The van der Waals surface area contributed by atoms with Crippen LogP contribution in [0.25, 0.3) is 10.2 Å². The molecule has 1 atom stereocenters. The maximum Gasteiger partial charge on any atom is 0.231 e. The average molecular weight is 430 g/mol. The number of azo groups is 1. The molecule has 0 fully saturated rings. The van der Waals surface area contributed by atoms with Crippen molar-refractivity contribution >= 4 is 44.0 Å². The summed E-state index contributed by atoms with van der Waals surface area (Å²) in [6.45, 7) is 1.69. The van der Waals surface area contributed by atoms with Crippen molar-refractivity contribution < 1.29 is 9.90 Å². The summed E-state index contributed by atoms with van der Waals surface area (Å²) in [6, 6.07) is 23.4. The Balaban J connectivity index is 1.49. The third-order valence-electron chi connectivity index (χ3n) is 4.46. The van der Waals surface area contributed by atoms with Crippen LogP contribution in [0.15, 0.2) is 94.2 Å². The van der Waals surface area contributed by atoms with E-state index in [1.165, 1.54) is 11.3 Å². The van der Waals surface area contributed by atoms with Gasteiger partial charge in [-0.1, -0.05) is 72.0 Å². The number of carbonyl (C=O) groups is 1. The van der Waals surface area contributed by atoms with E-state index >= 15 is 0 Å². The molecule has 8 heteroatoms. The van der Waals surface area contributed by atoms with Crippen molar-refractivity contribution in [1.82, 2.24) is 4.98 Å². The molecule has 31 heavy (non-hydrogen) atoms. The van der Waals surface area contributed by atoms with Gasteiger partial charge in [-0.2, -0.15) is 5.10 Å². The van der Waals surface area contributed by atoms with E-state index in [2.05, 4.69) is 25.7 Å². The number of rotatable bonds is 6. The molecule has 154 valence electrons. The van der Waals surface area contributed by atoms with Crippen molar-refractivity contribution in [2.24, 2.45) is 15.3 Å². The van der Waals surface area contributed by atoms with E-state index in [1.807, 2.05) is 30.3 Å². The van der Waals surface area contributed by atoms with Crippen LogP contribution in [0.3, 0.4) is 0 Å². The number of aliphatic hydroxyl groups excluding tert-OH is 1. The topological polar surface area (TPSA) is 99.3 Å². The van der Waals surface area contributed by atoms with Crippen molar-refractivity contribution in [2.75, 3.05) is 5.43 Å². The van der Waals surface area contributed by atoms with Gasteiger partial charge in [-0.3, -0.25) is 10.2 Å². The van der Waals surface area contributed by atoms with Gasteiger partial charge < -0.3 is 5.11 Å². The number of hydrazone groups is 1. The van der Waals surface area contributed by atoms with Crippen LogP contribution < -0.4 is 5.43 Å². The number of anilines is 1. The molecule has 1 heterocycles. The van der Waals surface area contributed by atoms with Gasteiger partial charge in [0.15, 0.2) is 11.6 Å². The number of aromatic nitrogens is 1. The maximum absolute atomic E-state index is 12.6. The van der Waals surface area contributed by atoms with Gasteiger partial charge in [0, 0.05) is 11.1 Å². The number of aliphatic hydroxyl groups is 1. The zero-order valence-corrected chi connectivity index (χ0v) is 17.5. The van der Waals surface area contributed by atoms with Crippen LogP contribution in [0, 0.1) is 0 Å². The number of para-hydroxylation sites is 2. The fraction of sp³-hybridized carbons (Fsp3) is 0.0870. The van der Waals surface area contributed by atoms with Crippen LogP contribution in [0.1, 0.15) is 28.9 Å². The Morgan fingerprint density at radius 3 is 2.52 bits per heavy atom. The van der Waals surface area contributed by atoms with Crippen LogP contribution in [-0.4, -0.2) is 21.7 Å². The fourth-order valence-corrected chi connectivity index (χ4v) is 3.71. The predicted octanol–water partition coefficient (Wildman–Crippen LogP) is 5.74. The van der Waals surface area contributed by atoms with Gasteiger partial charge in [0.05, 0.1) is 15.9 Å². The van der Waals surface area contributed by atoms with Crippen LogP contribution in [0.2, 0.25) is 0 Å². The van der Waals surface area contributed by atoms with Gasteiger partial charge in [-0.15, -0.1) is 10.2 Å². The molecule has 0 bridgehead atoms. The third-order valence-corrected chi connectivity index (χ3v) is 5.38. The van der Waals surface area contributed by atoms with Crippen LogP contribution in [0.4, 0.5) is 10.8 Å². The highest BCUT2D eigenvalue weighted by molar-refractivity contribution is 7.21. The molecule has 1 unspecified atom stereocenters. The summed E-state index contributed by atoms with van der Waals surface area (Å²) in [6.07, 6.45) is -1.31. The zero-order valence-electron chi connectivity index (χ0n) is 16.6. The second kappa shape index (κ2) is 9.38. The molecular weight excluding hydrogens is 410 g/mol. The molecule has 1 aromatic heterocycles. The number of amidine groups is 1. The van der Waals surface area contributed by atoms with Gasteiger partial charge in [-0.25, -0.2) is 4.98 Å². The van der Waals surface area contributed by atoms with E-state index in [0.717, 1.165) is 10.2 Å². The molecule has 4 rings (SSSR count). The van der Waals surface area contributed by atoms with E-state index in [-0.39, 0.29) is 5.78 Å². The van der Waals surface area contributed by atoms with Crippen molar-refractivity contribution in [1.29, 1.82) is 0 Å². The van der Waals surface area contributed by atoms with Gasteiger partial charge >= 0.3 is 0 Å². The molecule has 0 saturated heterocycles. The first kappa shape index (κ1) is 20.5. The maximum atomic E-state index is 12.6. The molecule has 0 aliphatic heterocycles. The number of nitrogens with zero attached hydrogens (tertiary/aromatic N) is 4. The average Bonchev–Trinajstić information content (AvgIpc) is 3.24. The Kier molecular flexibility index (Phi) is 6.21. The first-order valence-electron chi connectivity index (χ1n) is 9.55. The van der Waals surface area contributed by atoms with E-state index in [4.69, 9.17) is 0 Å². The minimum atomic E-state index is -1.31. The van der Waals surface area contributed by atoms with Crippen molar-refractivity contribution in [3.63, 3.8) is 0 Å². The van der Waals surface area contributed by atoms with E-state index in [1.54, 1.807) is 55.5 Å². The zero-order chi connectivity index (χ0) is 21.6. The first-order chi connectivity index (χ1) is 15.1. The number of hydrogen-bond donors (Lipinski definition) is 2. The van der Waals surface area contributed by atoms with Gasteiger partial charge in [-0.05, 0) is 25.1 Å². The predicted molar refractivity (Wildman–Crippen MR) is 123 cm³/mol. The van der Waals surface area contributed by atoms with Crippen LogP contribution in [-0.2, 0) is 0 Å². The second-order valence-corrected chi connectivity index (χ2v) is 7.66. The Morgan fingerprint density at radius 2 is 1.71 bits per heavy atom. The summed E-state index contributed by atoms with van der Waals surface area (Å²) in [5, 5.41) is 23.6. The Hall–Kier alpha value is -3.75. The fourth-order valence-electron chi connectivity index (χ4n) is 2.92. The highest BCUT2D eigenvalue weighted by Crippen LogP contribution is 2.28. The molecule has 3 aromatic carbocycles. The summed E-state index contributed by atoms with van der Waals surface area (Å²) < 4.78 is 1.04. The van der Waals surface area contributed by atoms with Crippen molar-refractivity contribution in [3.8, 4) is 0 Å². The molecular formula is C23H19N5O2S. The molecule has 4 aromatic rings. The first-order valence-corrected chi connectivity index (χ1v) is 10.4. The normalized spacial score (nSPS) is 12.9. The number of benzene rings is 3. The summed E-state index contributed by atoms with van der Waals surface area (Å²) >= 11 is 1.44. The number of hydrogen-bond acceptors (Lipinski definition) is 7. The number of nitrogens with one attached hydrogen (secondary N) is 1. The van der Waals surface area contributed by atoms with Gasteiger partial charge in [0.25, 0.3) is 0 Å². The third kappa shape index (κ3) is 4.88. The minimum Gasteiger partial charge on any atom is -0.380 e. The number of carbonyl (C=O) groups excluding carboxylic acids is 1. The summed E-state index contributed by atoms with van der Waals surface area (Å²) in [5.41, 5.74) is 5.12. The molecule has 2 N–H and O–H groups in total. The summed E-state index contributed by atoms with van der Waals surface area (Å²) in [4.78, 5) is 17.0. The number of ketones is 1. The van der Waals surface area contributed by atoms with Gasteiger partial charge in [0.2, 0.25) is 5.13 Å². The van der Waals surface area contributed by atoms with E-state index < -0.39 is 6.10 Å². The molecule has 7 nitrogen and oxygen atoms in total. The second-order valence-electron chi connectivity index (χ2n) is 6.66. The summed E-state index contributed by atoms with van der Waals surface area (Å²) in [7, 11) is 0. The number of Topliss-reactive ketones (excluding diaryl/α,β-unsaturated/α-hetero) is 1. The van der Waals surface area contributed by atoms with E-state index in [9.17, 15) is 9.90 Å². The Bertz CT molecular complexity index is 1230. The lowest BCUT2D eigenvalue weighted by atomic mass is 9.99. The lowest BCUT2D eigenvalue weighted by Crippen LogP contribution is -2.14. The van der Waals surface area contributed by atoms with Crippen molar-refractivity contribution in [3.05, 3.63) is 90.0 Å². The minimum absolute atomic E-state index is 0.373. The molecule has 0 aliphatic carbocycles. The monoisotopic (exact) mass is 429 g/mol. The highest BCUT2D eigenvalue weighted by Gasteiger charge is 2.21.